The van der Waals surface area contributed by atoms with Crippen molar-refractivity contribution in [3.8, 4) is 5.75 Å². The highest BCUT2D eigenvalue weighted by Crippen LogP contribution is 2.24. The van der Waals surface area contributed by atoms with Crippen LogP contribution in [0.25, 0.3) is 0 Å². The van der Waals surface area contributed by atoms with Gasteiger partial charge in [0.2, 0.25) is 10.0 Å². The minimum atomic E-state index is -3.54. The molecule has 0 aliphatic carbocycles. The Bertz CT molecular complexity index is 502. The highest BCUT2D eigenvalue weighted by molar-refractivity contribution is 7.89. The van der Waals surface area contributed by atoms with Crippen molar-refractivity contribution in [1.82, 2.24) is 4.72 Å². The summed E-state index contributed by atoms with van der Waals surface area (Å²) in [6.07, 6.45) is 2.15. The van der Waals surface area contributed by atoms with E-state index < -0.39 is 10.0 Å². The van der Waals surface area contributed by atoms with Crippen molar-refractivity contribution >= 4 is 15.7 Å². The van der Waals surface area contributed by atoms with Crippen LogP contribution in [0.2, 0.25) is 0 Å². The van der Waals surface area contributed by atoms with Gasteiger partial charge in [-0.25, -0.2) is 13.1 Å². The molecule has 0 fully saturated rings. The molecule has 0 unspecified atom stereocenters. The SMILES string of the molecule is COc1ccc(S(=O)(=O)NCCCCCO)cc1N. The Balaban J connectivity index is 2.64. The maximum Gasteiger partial charge on any atom is 0.240 e. The first-order valence-electron chi connectivity index (χ1n) is 6.05. The van der Waals surface area contributed by atoms with Gasteiger partial charge in [-0.1, -0.05) is 0 Å². The van der Waals surface area contributed by atoms with Crippen LogP contribution in [0.1, 0.15) is 19.3 Å². The number of anilines is 1. The molecule has 0 atom stereocenters. The summed E-state index contributed by atoms with van der Waals surface area (Å²) in [5, 5.41) is 8.62. The van der Waals surface area contributed by atoms with E-state index in [1.165, 1.54) is 25.3 Å². The molecule has 1 rings (SSSR count). The Labute approximate surface area is 113 Å². The third-order valence-electron chi connectivity index (χ3n) is 2.64. The summed E-state index contributed by atoms with van der Waals surface area (Å²) in [5.74, 6) is 0.446. The zero-order valence-corrected chi connectivity index (χ0v) is 11.7. The van der Waals surface area contributed by atoms with Gasteiger partial charge < -0.3 is 15.6 Å². The lowest BCUT2D eigenvalue weighted by Gasteiger charge is -2.09. The number of hydrogen-bond acceptors (Lipinski definition) is 5. The third-order valence-corrected chi connectivity index (χ3v) is 4.10. The summed E-state index contributed by atoms with van der Waals surface area (Å²) in [6.45, 7) is 0.468. The first-order valence-corrected chi connectivity index (χ1v) is 7.53. The maximum absolute atomic E-state index is 12.0. The molecule has 108 valence electrons. The van der Waals surface area contributed by atoms with Crippen LogP contribution in [0.3, 0.4) is 0 Å². The summed E-state index contributed by atoms with van der Waals surface area (Å²) in [5.41, 5.74) is 5.96. The molecule has 0 amide bonds. The maximum atomic E-state index is 12.0. The second kappa shape index (κ2) is 7.32. The van der Waals surface area contributed by atoms with Gasteiger partial charge in [0.15, 0.2) is 0 Å². The van der Waals surface area contributed by atoms with E-state index in [9.17, 15) is 8.42 Å². The van der Waals surface area contributed by atoms with Crippen molar-refractivity contribution in [3.63, 3.8) is 0 Å². The molecule has 4 N–H and O–H groups in total. The number of sulfonamides is 1. The van der Waals surface area contributed by atoms with Gasteiger partial charge >= 0.3 is 0 Å². The lowest BCUT2D eigenvalue weighted by atomic mass is 10.2. The van der Waals surface area contributed by atoms with E-state index in [2.05, 4.69) is 4.72 Å². The van der Waals surface area contributed by atoms with Gasteiger partial charge in [-0.3, -0.25) is 0 Å². The molecule has 0 aliphatic rings. The largest absolute Gasteiger partial charge is 0.495 e. The van der Waals surface area contributed by atoms with Crippen LogP contribution in [-0.2, 0) is 10.0 Å². The predicted molar refractivity (Wildman–Crippen MR) is 73.5 cm³/mol. The number of nitrogen functional groups attached to an aromatic ring is 1. The van der Waals surface area contributed by atoms with Crippen LogP contribution >= 0.6 is 0 Å². The number of ether oxygens (including phenoxy) is 1. The van der Waals surface area contributed by atoms with Crippen molar-refractivity contribution in [1.29, 1.82) is 0 Å². The molecular formula is C12H20N2O4S. The van der Waals surface area contributed by atoms with Crippen LogP contribution < -0.4 is 15.2 Å². The average Bonchev–Trinajstić information content (AvgIpc) is 2.38. The zero-order valence-electron chi connectivity index (χ0n) is 10.9. The highest BCUT2D eigenvalue weighted by Gasteiger charge is 2.14. The molecule has 7 heteroatoms. The van der Waals surface area contributed by atoms with Gasteiger partial charge in [0, 0.05) is 13.2 Å². The van der Waals surface area contributed by atoms with Crippen LogP contribution in [-0.4, -0.2) is 33.8 Å². The minimum Gasteiger partial charge on any atom is -0.495 e. The Kier molecular flexibility index (Phi) is 6.07. The van der Waals surface area contributed by atoms with Gasteiger partial charge in [0.05, 0.1) is 17.7 Å². The number of aliphatic hydroxyl groups is 1. The monoisotopic (exact) mass is 288 g/mol. The number of aliphatic hydroxyl groups excluding tert-OH is 1. The second-order valence-electron chi connectivity index (χ2n) is 4.09. The standard InChI is InChI=1S/C12H20N2O4S/c1-18-12-6-5-10(9-11(12)13)19(16,17)14-7-3-2-4-8-15/h5-6,9,14-15H,2-4,7-8,13H2,1H3. The fourth-order valence-electron chi connectivity index (χ4n) is 1.58. The second-order valence-corrected chi connectivity index (χ2v) is 5.85. The number of benzene rings is 1. The molecule has 19 heavy (non-hydrogen) atoms. The first kappa shape index (κ1) is 15.7. The Morgan fingerprint density at radius 3 is 2.63 bits per heavy atom. The molecule has 0 saturated heterocycles. The number of rotatable bonds is 8. The Morgan fingerprint density at radius 1 is 1.32 bits per heavy atom. The molecule has 0 saturated carbocycles. The Morgan fingerprint density at radius 2 is 2.05 bits per heavy atom. The van der Waals surface area contributed by atoms with E-state index in [1.807, 2.05) is 0 Å². The molecule has 0 spiro atoms. The molecule has 0 bridgehead atoms. The quantitative estimate of drug-likeness (QED) is 0.483. The van der Waals surface area contributed by atoms with E-state index in [-0.39, 0.29) is 17.2 Å². The average molecular weight is 288 g/mol. The van der Waals surface area contributed by atoms with E-state index in [0.29, 0.717) is 25.1 Å². The van der Waals surface area contributed by atoms with E-state index in [4.69, 9.17) is 15.6 Å². The highest BCUT2D eigenvalue weighted by atomic mass is 32.2. The van der Waals surface area contributed by atoms with Crippen LogP contribution in [0.5, 0.6) is 5.75 Å². The molecule has 0 heterocycles. The topological polar surface area (TPSA) is 102 Å². The number of unbranched alkanes of at least 4 members (excludes halogenated alkanes) is 2. The Hall–Kier alpha value is -1.31. The first-order chi connectivity index (χ1) is 9.01. The summed E-state index contributed by atoms with van der Waals surface area (Å²) < 4.78 is 31.4. The van der Waals surface area contributed by atoms with Crippen LogP contribution in [0.15, 0.2) is 23.1 Å². The van der Waals surface area contributed by atoms with Crippen molar-refractivity contribution in [3.05, 3.63) is 18.2 Å². The van der Waals surface area contributed by atoms with E-state index in [1.54, 1.807) is 0 Å². The van der Waals surface area contributed by atoms with Crippen molar-refractivity contribution in [2.75, 3.05) is 26.0 Å². The fourth-order valence-corrected chi connectivity index (χ4v) is 2.69. The molecule has 0 aromatic heterocycles. The number of nitrogens with one attached hydrogen (secondary N) is 1. The lowest BCUT2D eigenvalue weighted by Crippen LogP contribution is -2.25. The molecule has 0 radical (unpaired) electrons. The molecular weight excluding hydrogens is 268 g/mol. The van der Waals surface area contributed by atoms with Crippen molar-refractivity contribution < 1.29 is 18.3 Å². The number of methoxy groups -OCH3 is 1. The normalized spacial score (nSPS) is 11.5. The van der Waals surface area contributed by atoms with Gasteiger partial charge in [-0.2, -0.15) is 0 Å². The summed E-state index contributed by atoms with van der Waals surface area (Å²) in [7, 11) is -2.07. The van der Waals surface area contributed by atoms with Gasteiger partial charge in [-0.15, -0.1) is 0 Å². The lowest BCUT2D eigenvalue weighted by molar-refractivity contribution is 0.283. The summed E-state index contributed by atoms with van der Waals surface area (Å²) in [6, 6.07) is 4.34. The van der Waals surface area contributed by atoms with E-state index in [0.717, 1.165) is 6.42 Å². The smallest absolute Gasteiger partial charge is 0.240 e. The molecule has 1 aromatic rings. The fraction of sp³-hybridized carbons (Fsp3) is 0.500. The summed E-state index contributed by atoms with van der Waals surface area (Å²) in [4.78, 5) is 0.118. The van der Waals surface area contributed by atoms with Gasteiger partial charge in [0.25, 0.3) is 0 Å². The van der Waals surface area contributed by atoms with Crippen molar-refractivity contribution in [2.24, 2.45) is 0 Å². The number of nitrogens with two attached hydrogens (primary N) is 1. The molecule has 6 nitrogen and oxygen atoms in total. The summed E-state index contributed by atoms with van der Waals surface area (Å²) >= 11 is 0. The van der Waals surface area contributed by atoms with Crippen LogP contribution in [0.4, 0.5) is 5.69 Å². The minimum absolute atomic E-state index is 0.118. The molecule has 0 aliphatic heterocycles. The van der Waals surface area contributed by atoms with E-state index >= 15 is 0 Å². The predicted octanol–water partition coefficient (Wildman–Crippen LogP) is 0.718. The van der Waals surface area contributed by atoms with Gasteiger partial charge in [0.1, 0.15) is 5.75 Å². The molecule has 1 aromatic carbocycles. The third kappa shape index (κ3) is 4.70. The number of hydrogen-bond donors (Lipinski definition) is 3. The van der Waals surface area contributed by atoms with Crippen molar-refractivity contribution in [2.45, 2.75) is 24.2 Å². The van der Waals surface area contributed by atoms with Gasteiger partial charge in [-0.05, 0) is 37.5 Å². The zero-order chi connectivity index (χ0) is 14.3. The van der Waals surface area contributed by atoms with Crippen LogP contribution in [0, 0.1) is 0 Å².